The minimum atomic E-state index is -0.526. The summed E-state index contributed by atoms with van der Waals surface area (Å²) in [6, 6.07) is 11.7. The Morgan fingerprint density at radius 3 is 2.95 bits per heavy atom. The fourth-order valence-corrected chi connectivity index (χ4v) is 2.88. The highest BCUT2D eigenvalue weighted by molar-refractivity contribution is 7.98. The predicted octanol–water partition coefficient (Wildman–Crippen LogP) is 2.75. The molecule has 0 bridgehead atoms. The van der Waals surface area contributed by atoms with Crippen molar-refractivity contribution in [2.45, 2.75) is 25.1 Å². The van der Waals surface area contributed by atoms with Crippen LogP contribution in [0.4, 0.5) is 0 Å². The van der Waals surface area contributed by atoms with Gasteiger partial charge in [-0.15, -0.1) is 0 Å². The second-order valence-corrected chi connectivity index (χ2v) is 5.80. The van der Waals surface area contributed by atoms with Gasteiger partial charge in [0.25, 0.3) is 0 Å². The lowest BCUT2D eigenvalue weighted by molar-refractivity contribution is -0.144. The summed E-state index contributed by atoms with van der Waals surface area (Å²) in [5.41, 5.74) is 7.81. The van der Waals surface area contributed by atoms with Crippen LogP contribution in [0.15, 0.2) is 36.4 Å². The molecule has 0 aliphatic carbocycles. The molecule has 0 radical (unpaired) electrons. The Morgan fingerprint density at radius 2 is 2.14 bits per heavy atom. The molecule has 1 atom stereocenters. The van der Waals surface area contributed by atoms with Gasteiger partial charge in [-0.1, -0.05) is 24.3 Å². The molecule has 2 N–H and O–H groups in total. The number of carbonyl (C=O) groups is 1. The first-order valence-corrected chi connectivity index (χ1v) is 8.21. The second-order valence-electron chi connectivity index (χ2n) is 4.70. The van der Waals surface area contributed by atoms with Crippen molar-refractivity contribution in [3.05, 3.63) is 42.1 Å². The molecule has 0 amide bonds. The number of benzene rings is 1. The lowest BCUT2D eigenvalue weighted by atomic mass is 10.2. The molecule has 2 rings (SSSR count). The smallest absolute Gasteiger partial charge is 0.322 e. The normalized spacial score (nSPS) is 12.3. The molecule has 0 saturated carbocycles. The molecule has 0 aliphatic heterocycles. The Morgan fingerprint density at radius 1 is 1.33 bits per heavy atom. The van der Waals surface area contributed by atoms with Crippen LogP contribution in [0, 0.1) is 0 Å². The van der Waals surface area contributed by atoms with Crippen molar-refractivity contribution in [3.63, 3.8) is 0 Å². The molecule has 112 valence electrons. The molecule has 0 fully saturated rings. The van der Waals surface area contributed by atoms with Gasteiger partial charge in [-0.2, -0.15) is 11.8 Å². The van der Waals surface area contributed by atoms with Gasteiger partial charge in [-0.25, -0.2) is 0 Å². The van der Waals surface area contributed by atoms with E-state index in [0.29, 0.717) is 13.0 Å². The Kier molecular flexibility index (Phi) is 6.02. The van der Waals surface area contributed by atoms with Gasteiger partial charge in [-0.3, -0.25) is 9.78 Å². The third-order valence-corrected chi connectivity index (χ3v) is 4.09. The van der Waals surface area contributed by atoms with Crippen LogP contribution in [-0.4, -0.2) is 29.4 Å². The van der Waals surface area contributed by atoms with Crippen molar-refractivity contribution in [2.75, 3.05) is 12.4 Å². The van der Waals surface area contributed by atoms with Gasteiger partial charge in [0.1, 0.15) is 6.04 Å². The zero-order valence-electron chi connectivity index (χ0n) is 12.1. The molecule has 0 spiro atoms. The molecule has 5 heteroatoms. The van der Waals surface area contributed by atoms with Crippen LogP contribution in [0.2, 0.25) is 0 Å². The molecule has 0 aliphatic rings. The van der Waals surface area contributed by atoms with Gasteiger partial charge in [0.15, 0.2) is 0 Å². The zero-order valence-corrected chi connectivity index (χ0v) is 12.9. The average Bonchev–Trinajstić information content (AvgIpc) is 2.51. The highest BCUT2D eigenvalue weighted by Gasteiger charge is 2.13. The van der Waals surface area contributed by atoms with Crippen molar-refractivity contribution >= 4 is 28.6 Å². The van der Waals surface area contributed by atoms with E-state index >= 15 is 0 Å². The third kappa shape index (κ3) is 4.72. The molecule has 1 unspecified atom stereocenters. The summed E-state index contributed by atoms with van der Waals surface area (Å²) in [5.74, 6) is 1.32. The van der Waals surface area contributed by atoms with Gasteiger partial charge >= 0.3 is 5.97 Å². The minimum absolute atomic E-state index is 0.318. The van der Waals surface area contributed by atoms with E-state index in [-0.39, 0.29) is 5.97 Å². The van der Waals surface area contributed by atoms with E-state index in [2.05, 4.69) is 17.1 Å². The van der Waals surface area contributed by atoms with Crippen molar-refractivity contribution in [1.82, 2.24) is 4.98 Å². The van der Waals surface area contributed by atoms with Crippen LogP contribution in [0.5, 0.6) is 0 Å². The molecular weight excluding hydrogens is 284 g/mol. The Labute approximate surface area is 129 Å². The number of thioether (sulfide) groups is 1. The quantitative estimate of drug-likeness (QED) is 0.629. The zero-order chi connectivity index (χ0) is 15.1. The number of pyridine rings is 1. The van der Waals surface area contributed by atoms with Crippen LogP contribution < -0.4 is 5.73 Å². The summed E-state index contributed by atoms with van der Waals surface area (Å²) >= 11 is 1.73. The standard InChI is InChI=1S/C16H20N2O2S/c1-2-20-16(19)14(17)9-10-21-11-13-8-7-12-5-3-4-6-15(12)18-13/h3-8,14H,2,9-11,17H2,1H3. The van der Waals surface area contributed by atoms with Crippen LogP contribution >= 0.6 is 11.8 Å². The predicted molar refractivity (Wildman–Crippen MR) is 87.1 cm³/mol. The largest absolute Gasteiger partial charge is 0.465 e. The number of carbonyl (C=O) groups excluding carboxylic acids is 1. The monoisotopic (exact) mass is 304 g/mol. The number of nitrogens with two attached hydrogens (primary N) is 1. The van der Waals surface area contributed by atoms with Crippen molar-refractivity contribution in [1.29, 1.82) is 0 Å². The lowest BCUT2D eigenvalue weighted by Crippen LogP contribution is -2.32. The Bertz CT molecular complexity index is 604. The van der Waals surface area contributed by atoms with E-state index < -0.39 is 6.04 Å². The van der Waals surface area contributed by atoms with Crippen molar-refractivity contribution in [2.24, 2.45) is 5.73 Å². The van der Waals surface area contributed by atoms with Crippen molar-refractivity contribution < 1.29 is 9.53 Å². The maximum absolute atomic E-state index is 11.4. The number of esters is 1. The number of para-hydroxylation sites is 1. The molecule has 21 heavy (non-hydrogen) atoms. The highest BCUT2D eigenvalue weighted by atomic mass is 32.2. The van der Waals surface area contributed by atoms with Crippen LogP contribution in [-0.2, 0) is 15.3 Å². The Hall–Kier alpha value is -1.59. The van der Waals surface area contributed by atoms with Gasteiger partial charge in [-0.05, 0) is 31.2 Å². The lowest BCUT2D eigenvalue weighted by Gasteiger charge is -2.10. The molecule has 0 saturated heterocycles. The number of rotatable bonds is 7. The van der Waals surface area contributed by atoms with E-state index in [1.54, 1.807) is 18.7 Å². The minimum Gasteiger partial charge on any atom is -0.465 e. The van der Waals surface area contributed by atoms with Gasteiger partial charge in [0, 0.05) is 11.1 Å². The van der Waals surface area contributed by atoms with E-state index in [1.165, 1.54) is 0 Å². The third-order valence-electron chi connectivity index (χ3n) is 3.07. The second kappa shape index (κ2) is 8.00. The number of nitrogens with zero attached hydrogens (tertiary/aromatic N) is 1. The van der Waals surface area contributed by atoms with Gasteiger partial charge in [0.05, 0.1) is 17.8 Å². The first-order chi connectivity index (χ1) is 10.2. The van der Waals surface area contributed by atoms with E-state index in [1.807, 2.05) is 24.3 Å². The highest BCUT2D eigenvalue weighted by Crippen LogP contribution is 2.16. The SMILES string of the molecule is CCOC(=O)C(N)CCSCc1ccc2ccccc2n1. The first kappa shape index (κ1) is 15.8. The summed E-state index contributed by atoms with van der Waals surface area (Å²) < 4.78 is 4.88. The number of aromatic nitrogens is 1. The summed E-state index contributed by atoms with van der Waals surface area (Å²) in [7, 11) is 0. The molecular formula is C16H20N2O2S. The molecule has 4 nitrogen and oxygen atoms in total. The molecule has 1 heterocycles. The fraction of sp³-hybridized carbons (Fsp3) is 0.375. The summed E-state index contributed by atoms with van der Waals surface area (Å²) in [4.78, 5) is 16.0. The number of hydrogen-bond donors (Lipinski definition) is 1. The molecule has 1 aromatic heterocycles. The van der Waals surface area contributed by atoms with Crippen LogP contribution in [0.25, 0.3) is 10.9 Å². The summed E-state index contributed by atoms with van der Waals surface area (Å²) in [6.07, 6.45) is 0.622. The van der Waals surface area contributed by atoms with Gasteiger partial charge in [0.2, 0.25) is 0 Å². The summed E-state index contributed by atoms with van der Waals surface area (Å²) in [5, 5.41) is 1.15. The van der Waals surface area contributed by atoms with Crippen LogP contribution in [0.1, 0.15) is 19.0 Å². The van der Waals surface area contributed by atoms with Gasteiger partial charge < -0.3 is 10.5 Å². The van der Waals surface area contributed by atoms with Crippen molar-refractivity contribution in [3.8, 4) is 0 Å². The topological polar surface area (TPSA) is 65.2 Å². The van der Waals surface area contributed by atoms with Crippen LogP contribution in [0.3, 0.4) is 0 Å². The van der Waals surface area contributed by atoms with E-state index in [9.17, 15) is 4.79 Å². The number of ether oxygens (including phenoxy) is 1. The molecule has 1 aromatic carbocycles. The maximum atomic E-state index is 11.4. The first-order valence-electron chi connectivity index (χ1n) is 7.05. The average molecular weight is 304 g/mol. The maximum Gasteiger partial charge on any atom is 0.322 e. The number of fused-ring (bicyclic) bond motifs is 1. The van der Waals surface area contributed by atoms with E-state index in [4.69, 9.17) is 10.5 Å². The Balaban J connectivity index is 1.78. The number of hydrogen-bond acceptors (Lipinski definition) is 5. The fourth-order valence-electron chi connectivity index (χ4n) is 1.94. The summed E-state index contributed by atoms with van der Waals surface area (Å²) in [6.45, 7) is 2.16. The van der Waals surface area contributed by atoms with E-state index in [0.717, 1.165) is 28.1 Å². The molecule has 2 aromatic rings.